The lowest BCUT2D eigenvalue weighted by molar-refractivity contribution is 0.392. The van der Waals surface area contributed by atoms with Gasteiger partial charge in [-0.1, -0.05) is 31.2 Å². The molecule has 1 aromatic heterocycles. The first-order valence-electron chi connectivity index (χ1n) is 9.96. The van der Waals surface area contributed by atoms with E-state index in [2.05, 4.69) is 52.8 Å². The van der Waals surface area contributed by atoms with Crippen LogP contribution in [-0.2, 0) is 19.4 Å². The van der Waals surface area contributed by atoms with Gasteiger partial charge in [0.2, 0.25) is 5.95 Å². The van der Waals surface area contributed by atoms with Crippen LogP contribution in [0.4, 0.5) is 11.8 Å². The van der Waals surface area contributed by atoms with Crippen LogP contribution in [0.25, 0.3) is 0 Å². The molecular formula is C21H29N5. The van der Waals surface area contributed by atoms with E-state index in [0.29, 0.717) is 5.92 Å². The second-order valence-electron chi connectivity index (χ2n) is 7.43. The van der Waals surface area contributed by atoms with E-state index in [-0.39, 0.29) is 0 Å². The molecule has 1 fully saturated rings. The van der Waals surface area contributed by atoms with E-state index < -0.39 is 0 Å². The molecule has 2 aliphatic heterocycles. The van der Waals surface area contributed by atoms with Crippen LogP contribution in [0.3, 0.4) is 0 Å². The van der Waals surface area contributed by atoms with Crippen LogP contribution >= 0.6 is 0 Å². The molecule has 1 atom stereocenters. The van der Waals surface area contributed by atoms with Gasteiger partial charge in [0.1, 0.15) is 5.82 Å². The Morgan fingerprint density at radius 1 is 1.23 bits per heavy atom. The summed E-state index contributed by atoms with van der Waals surface area (Å²) < 4.78 is 0. The van der Waals surface area contributed by atoms with Gasteiger partial charge >= 0.3 is 0 Å². The van der Waals surface area contributed by atoms with E-state index in [0.717, 1.165) is 63.0 Å². The number of anilines is 2. The highest BCUT2D eigenvalue weighted by molar-refractivity contribution is 5.46. The fraction of sp³-hybridized carbons (Fsp3) is 0.524. The summed E-state index contributed by atoms with van der Waals surface area (Å²) in [7, 11) is 0. The zero-order valence-corrected chi connectivity index (χ0v) is 15.7. The second-order valence-corrected chi connectivity index (χ2v) is 7.43. The second kappa shape index (κ2) is 8.04. The summed E-state index contributed by atoms with van der Waals surface area (Å²) in [5.74, 6) is 2.52. The summed E-state index contributed by atoms with van der Waals surface area (Å²) in [5, 5.41) is 7.06. The zero-order chi connectivity index (χ0) is 17.8. The molecule has 2 N–H and O–H groups in total. The van der Waals surface area contributed by atoms with Crippen molar-refractivity contribution in [2.45, 2.75) is 39.2 Å². The van der Waals surface area contributed by atoms with E-state index in [1.54, 1.807) is 0 Å². The van der Waals surface area contributed by atoms with Crippen LogP contribution in [0.5, 0.6) is 0 Å². The fourth-order valence-electron chi connectivity index (χ4n) is 3.91. The first kappa shape index (κ1) is 17.3. The SMILES string of the molecule is CCc1cc(NCC2CCCNC2)nc(N2CCc3ccccc3C2)n1. The third kappa shape index (κ3) is 3.98. The molecule has 138 valence electrons. The molecule has 2 aliphatic rings. The molecule has 0 saturated carbocycles. The van der Waals surface area contributed by atoms with Crippen molar-refractivity contribution < 1.29 is 0 Å². The first-order valence-corrected chi connectivity index (χ1v) is 9.96. The third-order valence-electron chi connectivity index (χ3n) is 5.51. The summed E-state index contributed by atoms with van der Waals surface area (Å²) >= 11 is 0. The minimum absolute atomic E-state index is 0.689. The topological polar surface area (TPSA) is 53.1 Å². The number of aromatic nitrogens is 2. The molecule has 0 bridgehead atoms. The monoisotopic (exact) mass is 351 g/mol. The maximum atomic E-state index is 4.85. The maximum absolute atomic E-state index is 4.85. The zero-order valence-electron chi connectivity index (χ0n) is 15.7. The van der Waals surface area contributed by atoms with Gasteiger partial charge in [0.25, 0.3) is 0 Å². The lowest BCUT2D eigenvalue weighted by atomic mass is 10.00. The van der Waals surface area contributed by atoms with Gasteiger partial charge in [-0.3, -0.25) is 0 Å². The molecule has 2 aromatic rings. The van der Waals surface area contributed by atoms with Crippen molar-refractivity contribution in [1.29, 1.82) is 0 Å². The molecule has 5 nitrogen and oxygen atoms in total. The molecule has 0 aliphatic carbocycles. The van der Waals surface area contributed by atoms with E-state index >= 15 is 0 Å². The minimum Gasteiger partial charge on any atom is -0.370 e. The molecule has 1 unspecified atom stereocenters. The molecule has 26 heavy (non-hydrogen) atoms. The summed E-state index contributed by atoms with van der Waals surface area (Å²) in [6.07, 6.45) is 4.56. The Balaban J connectivity index is 1.49. The number of fused-ring (bicyclic) bond motifs is 1. The predicted octanol–water partition coefficient (Wildman–Crippen LogP) is 3.01. The standard InChI is InChI=1S/C21H29N5/c1-2-19-12-20(23-14-16-6-5-10-22-13-16)25-21(24-19)26-11-9-17-7-3-4-8-18(17)15-26/h3-4,7-8,12,16,22H,2,5-6,9-11,13-15H2,1H3,(H,23,24,25). The number of rotatable bonds is 5. The van der Waals surface area contributed by atoms with E-state index in [9.17, 15) is 0 Å². The Labute approximate surface area is 156 Å². The van der Waals surface area contributed by atoms with Gasteiger partial charge in [-0.2, -0.15) is 4.98 Å². The molecule has 5 heteroatoms. The van der Waals surface area contributed by atoms with Crippen molar-refractivity contribution in [2.75, 3.05) is 36.4 Å². The number of nitrogens with one attached hydrogen (secondary N) is 2. The van der Waals surface area contributed by atoms with Crippen molar-refractivity contribution in [3.05, 3.63) is 47.2 Å². The summed E-state index contributed by atoms with van der Waals surface area (Å²) in [4.78, 5) is 12.0. The number of benzene rings is 1. The molecule has 1 saturated heterocycles. The van der Waals surface area contributed by atoms with E-state index in [4.69, 9.17) is 9.97 Å². The number of hydrogen-bond donors (Lipinski definition) is 2. The Morgan fingerprint density at radius 3 is 2.92 bits per heavy atom. The Morgan fingerprint density at radius 2 is 2.12 bits per heavy atom. The molecule has 0 radical (unpaired) electrons. The van der Waals surface area contributed by atoms with Gasteiger partial charge in [-0.15, -0.1) is 0 Å². The minimum atomic E-state index is 0.689. The van der Waals surface area contributed by atoms with E-state index in [1.807, 2.05) is 0 Å². The van der Waals surface area contributed by atoms with Crippen LogP contribution in [0.2, 0.25) is 0 Å². The highest BCUT2D eigenvalue weighted by Gasteiger charge is 2.19. The Bertz CT molecular complexity index is 739. The average molecular weight is 351 g/mol. The lowest BCUT2D eigenvalue weighted by Gasteiger charge is -2.29. The smallest absolute Gasteiger partial charge is 0.227 e. The maximum Gasteiger partial charge on any atom is 0.227 e. The van der Waals surface area contributed by atoms with Gasteiger partial charge in [-0.25, -0.2) is 4.98 Å². The van der Waals surface area contributed by atoms with Crippen molar-refractivity contribution in [3.63, 3.8) is 0 Å². The Kier molecular flexibility index (Phi) is 5.34. The third-order valence-corrected chi connectivity index (χ3v) is 5.51. The van der Waals surface area contributed by atoms with Crippen molar-refractivity contribution in [1.82, 2.24) is 15.3 Å². The van der Waals surface area contributed by atoms with Crippen LogP contribution < -0.4 is 15.5 Å². The van der Waals surface area contributed by atoms with Gasteiger partial charge in [0, 0.05) is 31.4 Å². The summed E-state index contributed by atoms with van der Waals surface area (Å²) in [5.41, 5.74) is 3.96. The summed E-state index contributed by atoms with van der Waals surface area (Å²) in [6, 6.07) is 10.8. The number of nitrogens with zero attached hydrogens (tertiary/aromatic N) is 3. The largest absolute Gasteiger partial charge is 0.370 e. The lowest BCUT2D eigenvalue weighted by Crippen LogP contribution is -2.34. The van der Waals surface area contributed by atoms with Gasteiger partial charge in [-0.05, 0) is 55.8 Å². The van der Waals surface area contributed by atoms with Crippen molar-refractivity contribution >= 4 is 11.8 Å². The van der Waals surface area contributed by atoms with Crippen LogP contribution in [0.15, 0.2) is 30.3 Å². The van der Waals surface area contributed by atoms with E-state index in [1.165, 1.54) is 24.0 Å². The molecular weight excluding hydrogens is 322 g/mol. The molecule has 3 heterocycles. The first-order chi connectivity index (χ1) is 12.8. The number of hydrogen-bond acceptors (Lipinski definition) is 5. The van der Waals surface area contributed by atoms with Crippen LogP contribution in [0.1, 0.15) is 36.6 Å². The normalized spacial score (nSPS) is 19.9. The molecule has 4 rings (SSSR count). The molecule has 0 amide bonds. The van der Waals surface area contributed by atoms with Crippen LogP contribution in [-0.4, -0.2) is 36.1 Å². The average Bonchev–Trinajstić information content (AvgIpc) is 2.72. The van der Waals surface area contributed by atoms with Gasteiger partial charge in [0.15, 0.2) is 0 Å². The predicted molar refractivity (Wildman–Crippen MR) is 107 cm³/mol. The molecule has 0 spiro atoms. The number of aryl methyl sites for hydroxylation is 1. The van der Waals surface area contributed by atoms with Crippen molar-refractivity contribution in [3.8, 4) is 0 Å². The number of piperidine rings is 1. The summed E-state index contributed by atoms with van der Waals surface area (Å²) in [6.45, 7) is 7.28. The van der Waals surface area contributed by atoms with Crippen molar-refractivity contribution in [2.24, 2.45) is 5.92 Å². The van der Waals surface area contributed by atoms with Gasteiger partial charge in [0.05, 0.1) is 0 Å². The van der Waals surface area contributed by atoms with Crippen LogP contribution in [0, 0.1) is 5.92 Å². The quantitative estimate of drug-likeness (QED) is 0.867. The highest BCUT2D eigenvalue weighted by atomic mass is 15.3. The Hall–Kier alpha value is -2.14. The molecule has 1 aromatic carbocycles. The fourth-order valence-corrected chi connectivity index (χ4v) is 3.91. The highest BCUT2D eigenvalue weighted by Crippen LogP contribution is 2.23. The van der Waals surface area contributed by atoms with Gasteiger partial charge < -0.3 is 15.5 Å².